The smallest absolute Gasteiger partial charge is 0.264 e. The van der Waals surface area contributed by atoms with Gasteiger partial charge in [0.15, 0.2) is 0 Å². The molecule has 1 N–H and O–H groups in total. The third-order valence-corrected chi connectivity index (χ3v) is 3.78. The van der Waals surface area contributed by atoms with E-state index in [4.69, 9.17) is 4.84 Å². The van der Waals surface area contributed by atoms with Gasteiger partial charge in [0, 0.05) is 18.7 Å². The van der Waals surface area contributed by atoms with E-state index in [1.54, 1.807) is 0 Å². The van der Waals surface area contributed by atoms with Gasteiger partial charge in [0.05, 0.1) is 24.3 Å². The van der Waals surface area contributed by atoms with E-state index < -0.39 is 6.10 Å². The van der Waals surface area contributed by atoms with Gasteiger partial charge < -0.3 is 14.7 Å². The van der Waals surface area contributed by atoms with Gasteiger partial charge in [0.2, 0.25) is 6.10 Å². The molecule has 6 heteroatoms. The van der Waals surface area contributed by atoms with Gasteiger partial charge in [0.1, 0.15) is 0 Å². The van der Waals surface area contributed by atoms with E-state index in [9.17, 15) is 4.79 Å². The van der Waals surface area contributed by atoms with Crippen LogP contribution in [0.15, 0.2) is 17.7 Å². The van der Waals surface area contributed by atoms with E-state index in [0.717, 1.165) is 11.4 Å². The van der Waals surface area contributed by atoms with Gasteiger partial charge in [-0.2, -0.15) is 0 Å². The second kappa shape index (κ2) is 5.26. The first-order valence-electron chi connectivity index (χ1n) is 7.16. The van der Waals surface area contributed by atoms with Crippen LogP contribution in [0.5, 0.6) is 0 Å². The van der Waals surface area contributed by atoms with Crippen molar-refractivity contribution in [2.45, 2.75) is 51.8 Å². The second-order valence-corrected chi connectivity index (χ2v) is 5.78. The molecule has 1 atom stereocenters. The average molecular weight is 276 g/mol. The van der Waals surface area contributed by atoms with Crippen molar-refractivity contribution in [1.82, 2.24) is 14.9 Å². The second-order valence-electron chi connectivity index (χ2n) is 5.78. The number of hydrogen-bond acceptors (Lipinski definition) is 4. The number of carbonyl (C=O) groups is 1. The molecule has 1 aliphatic carbocycles. The van der Waals surface area contributed by atoms with Crippen molar-refractivity contribution >= 4 is 11.6 Å². The maximum absolute atomic E-state index is 12.1. The molecule has 1 aliphatic heterocycles. The lowest BCUT2D eigenvalue weighted by Gasteiger charge is -2.11. The quantitative estimate of drug-likeness (QED) is 0.888. The predicted molar refractivity (Wildman–Crippen MR) is 74.1 cm³/mol. The number of hydrogen-bond donors (Lipinski definition) is 1. The van der Waals surface area contributed by atoms with E-state index in [2.05, 4.69) is 33.9 Å². The van der Waals surface area contributed by atoms with Gasteiger partial charge in [-0.25, -0.2) is 4.98 Å². The van der Waals surface area contributed by atoms with Crippen LogP contribution in [0.4, 0.5) is 0 Å². The van der Waals surface area contributed by atoms with Gasteiger partial charge in [-0.3, -0.25) is 4.79 Å². The maximum atomic E-state index is 12.1. The molecule has 1 fully saturated rings. The van der Waals surface area contributed by atoms with Gasteiger partial charge in [-0.15, -0.1) is 0 Å². The number of imidazole rings is 1. The minimum atomic E-state index is -0.482. The maximum Gasteiger partial charge on any atom is 0.264 e. The molecule has 1 aromatic rings. The third-order valence-electron chi connectivity index (χ3n) is 3.78. The highest BCUT2D eigenvalue weighted by Crippen LogP contribution is 2.35. The van der Waals surface area contributed by atoms with E-state index >= 15 is 0 Å². The molecule has 0 unspecified atom stereocenters. The van der Waals surface area contributed by atoms with Crippen molar-refractivity contribution in [1.29, 1.82) is 0 Å². The first kappa shape index (κ1) is 13.1. The van der Waals surface area contributed by atoms with Gasteiger partial charge in [-0.05, 0) is 18.8 Å². The molecular weight excluding hydrogens is 256 g/mol. The Morgan fingerprint density at radius 3 is 3.00 bits per heavy atom. The number of aromatic nitrogens is 2. The minimum Gasteiger partial charge on any atom is -0.382 e. The van der Waals surface area contributed by atoms with Crippen LogP contribution in [-0.4, -0.2) is 27.3 Å². The van der Waals surface area contributed by atoms with Crippen LogP contribution in [0.25, 0.3) is 0 Å². The zero-order valence-electron chi connectivity index (χ0n) is 11.9. The van der Waals surface area contributed by atoms with Crippen molar-refractivity contribution in [3.8, 4) is 0 Å². The topological polar surface area (TPSA) is 68.5 Å². The Hall–Kier alpha value is -1.85. The Morgan fingerprint density at radius 1 is 1.55 bits per heavy atom. The predicted octanol–water partition coefficient (Wildman–Crippen LogP) is 1.64. The van der Waals surface area contributed by atoms with Crippen LogP contribution in [0.2, 0.25) is 0 Å². The summed E-state index contributed by atoms with van der Waals surface area (Å²) >= 11 is 0. The van der Waals surface area contributed by atoms with Crippen LogP contribution >= 0.6 is 0 Å². The highest BCUT2D eigenvalue weighted by Gasteiger charge is 2.30. The molecule has 2 aliphatic rings. The molecule has 3 rings (SSSR count). The number of amides is 1. The molecule has 1 aromatic heterocycles. The third kappa shape index (κ3) is 2.69. The van der Waals surface area contributed by atoms with Crippen molar-refractivity contribution < 1.29 is 9.63 Å². The SMILES string of the molecule is CC(C)C1=NO[C@@H](C(=O)NCc2cncn2C2CC2)C1. The molecule has 0 spiro atoms. The minimum absolute atomic E-state index is 0.104. The summed E-state index contributed by atoms with van der Waals surface area (Å²) in [4.78, 5) is 21.4. The Bertz CT molecular complexity index is 531. The number of carbonyl (C=O) groups excluding carboxylic acids is 1. The molecule has 6 nitrogen and oxygen atoms in total. The molecule has 2 heterocycles. The zero-order chi connectivity index (χ0) is 14.1. The summed E-state index contributed by atoms with van der Waals surface area (Å²) in [6, 6.07) is 0.572. The largest absolute Gasteiger partial charge is 0.382 e. The molecule has 0 saturated heterocycles. The Balaban J connectivity index is 1.51. The Labute approximate surface area is 118 Å². The van der Waals surface area contributed by atoms with Gasteiger partial charge in [-0.1, -0.05) is 19.0 Å². The number of rotatable bonds is 5. The molecule has 20 heavy (non-hydrogen) atoms. The molecule has 0 aromatic carbocycles. The van der Waals surface area contributed by atoms with Crippen molar-refractivity contribution in [2.75, 3.05) is 0 Å². The average Bonchev–Trinajstić information content (AvgIpc) is 2.97. The Kier molecular flexibility index (Phi) is 3.46. The van der Waals surface area contributed by atoms with Gasteiger partial charge >= 0.3 is 0 Å². The Morgan fingerprint density at radius 2 is 2.35 bits per heavy atom. The lowest BCUT2D eigenvalue weighted by Crippen LogP contribution is -2.35. The first-order chi connectivity index (χ1) is 9.65. The van der Waals surface area contributed by atoms with E-state index in [1.165, 1.54) is 12.8 Å². The standard InChI is InChI=1S/C14H20N4O2/c1-9(2)12-5-13(20-17-12)14(19)16-7-11-6-15-8-18(11)10-3-4-10/h6,8-10,13H,3-5,7H2,1-2H3,(H,16,19)/t13-/m1/s1. The molecule has 0 bridgehead atoms. The van der Waals surface area contributed by atoms with Gasteiger partial charge in [0.25, 0.3) is 5.91 Å². The van der Waals surface area contributed by atoms with Crippen molar-refractivity contribution in [3.05, 3.63) is 18.2 Å². The zero-order valence-corrected chi connectivity index (χ0v) is 11.9. The summed E-state index contributed by atoms with van der Waals surface area (Å²) in [6.07, 6.45) is 6.16. The summed E-state index contributed by atoms with van der Waals surface area (Å²) in [6.45, 7) is 4.60. The van der Waals surface area contributed by atoms with E-state index in [0.29, 0.717) is 24.9 Å². The lowest BCUT2D eigenvalue weighted by molar-refractivity contribution is -0.131. The highest BCUT2D eigenvalue weighted by molar-refractivity contribution is 5.93. The van der Waals surface area contributed by atoms with Crippen LogP contribution in [0.3, 0.4) is 0 Å². The summed E-state index contributed by atoms with van der Waals surface area (Å²) in [7, 11) is 0. The van der Waals surface area contributed by atoms with E-state index in [1.807, 2.05) is 12.5 Å². The summed E-state index contributed by atoms with van der Waals surface area (Å²) in [5.74, 6) is 0.219. The molecule has 0 radical (unpaired) electrons. The fraction of sp³-hybridized carbons (Fsp3) is 0.643. The van der Waals surface area contributed by atoms with Crippen LogP contribution < -0.4 is 5.32 Å². The van der Waals surface area contributed by atoms with Crippen molar-refractivity contribution in [3.63, 3.8) is 0 Å². The molecular formula is C14H20N4O2. The number of oxime groups is 1. The molecule has 108 valence electrons. The summed E-state index contributed by atoms with van der Waals surface area (Å²) in [5, 5.41) is 6.89. The monoisotopic (exact) mass is 276 g/mol. The first-order valence-corrected chi connectivity index (χ1v) is 7.16. The van der Waals surface area contributed by atoms with Crippen LogP contribution in [-0.2, 0) is 16.2 Å². The van der Waals surface area contributed by atoms with E-state index in [-0.39, 0.29) is 5.91 Å². The molecule has 1 amide bonds. The lowest BCUT2D eigenvalue weighted by atomic mass is 10.0. The van der Waals surface area contributed by atoms with Crippen LogP contribution in [0, 0.1) is 5.92 Å². The summed E-state index contributed by atoms with van der Waals surface area (Å²) in [5.41, 5.74) is 2.00. The summed E-state index contributed by atoms with van der Waals surface area (Å²) < 4.78 is 2.14. The van der Waals surface area contributed by atoms with Crippen LogP contribution in [0.1, 0.15) is 44.8 Å². The fourth-order valence-electron chi connectivity index (χ4n) is 2.32. The molecule has 1 saturated carbocycles. The number of nitrogens with one attached hydrogen (secondary N) is 1. The van der Waals surface area contributed by atoms with Crippen molar-refractivity contribution in [2.24, 2.45) is 11.1 Å². The normalized spacial score (nSPS) is 21.8. The highest BCUT2D eigenvalue weighted by atomic mass is 16.6. The number of nitrogens with zero attached hydrogens (tertiary/aromatic N) is 3. The fourth-order valence-corrected chi connectivity index (χ4v) is 2.32.